The number of hydrogen-bond donors (Lipinski definition) is 2. The molecule has 1 aromatic carbocycles. The number of rotatable bonds is 5. The molecule has 88 valence electrons. The van der Waals surface area contributed by atoms with E-state index in [1.807, 2.05) is 31.2 Å². The summed E-state index contributed by atoms with van der Waals surface area (Å²) in [4.78, 5) is 11.5. The maximum atomic E-state index is 11.5. The average molecular weight is 220 g/mol. The van der Waals surface area contributed by atoms with Gasteiger partial charge in [0.05, 0.1) is 0 Å². The van der Waals surface area contributed by atoms with Crippen molar-refractivity contribution in [2.75, 3.05) is 11.9 Å². The van der Waals surface area contributed by atoms with Crippen molar-refractivity contribution in [1.82, 2.24) is 5.32 Å². The van der Waals surface area contributed by atoms with Gasteiger partial charge in [-0.1, -0.05) is 38.0 Å². The van der Waals surface area contributed by atoms with Crippen molar-refractivity contribution in [3.63, 3.8) is 0 Å². The number of carbonyl (C=O) groups is 1. The highest BCUT2D eigenvalue weighted by Crippen LogP contribution is 2.12. The minimum atomic E-state index is -0.120. The van der Waals surface area contributed by atoms with Gasteiger partial charge in [-0.2, -0.15) is 0 Å². The van der Waals surface area contributed by atoms with Crippen LogP contribution in [0.3, 0.4) is 0 Å². The summed E-state index contributed by atoms with van der Waals surface area (Å²) in [7, 11) is 0. The number of carbonyl (C=O) groups excluding carboxylic acids is 1. The Morgan fingerprint density at radius 1 is 1.25 bits per heavy atom. The fourth-order valence-corrected chi connectivity index (χ4v) is 1.46. The topological polar surface area (TPSA) is 41.1 Å². The van der Waals surface area contributed by atoms with Gasteiger partial charge in [0.1, 0.15) is 0 Å². The maximum absolute atomic E-state index is 11.5. The summed E-state index contributed by atoms with van der Waals surface area (Å²) in [5.41, 5.74) is 1.95. The zero-order valence-electron chi connectivity index (χ0n) is 10.0. The maximum Gasteiger partial charge on any atom is 0.319 e. The Hall–Kier alpha value is -1.51. The van der Waals surface area contributed by atoms with E-state index < -0.39 is 0 Å². The van der Waals surface area contributed by atoms with Crippen molar-refractivity contribution in [3.8, 4) is 0 Å². The zero-order chi connectivity index (χ0) is 11.8. The number of para-hydroxylation sites is 1. The fourth-order valence-electron chi connectivity index (χ4n) is 1.46. The van der Waals surface area contributed by atoms with E-state index in [1.165, 1.54) is 6.42 Å². The summed E-state index contributed by atoms with van der Waals surface area (Å²) in [6.45, 7) is 4.87. The third-order valence-corrected chi connectivity index (χ3v) is 2.46. The smallest absolute Gasteiger partial charge is 0.319 e. The first kappa shape index (κ1) is 12.6. The normalized spacial score (nSPS) is 9.88. The summed E-state index contributed by atoms with van der Waals surface area (Å²) in [5, 5.41) is 5.68. The average Bonchev–Trinajstić information content (AvgIpc) is 2.28. The Kier molecular flexibility index (Phi) is 5.40. The van der Waals surface area contributed by atoms with Crippen LogP contribution in [0.2, 0.25) is 0 Å². The van der Waals surface area contributed by atoms with Crippen LogP contribution >= 0.6 is 0 Å². The quantitative estimate of drug-likeness (QED) is 0.734. The monoisotopic (exact) mass is 220 g/mol. The van der Waals surface area contributed by atoms with Gasteiger partial charge >= 0.3 is 6.03 Å². The van der Waals surface area contributed by atoms with Gasteiger partial charge in [0.15, 0.2) is 0 Å². The van der Waals surface area contributed by atoms with Gasteiger partial charge < -0.3 is 10.6 Å². The van der Waals surface area contributed by atoms with Crippen molar-refractivity contribution >= 4 is 11.7 Å². The number of benzene rings is 1. The Morgan fingerprint density at radius 2 is 2.00 bits per heavy atom. The predicted octanol–water partition coefficient (Wildman–Crippen LogP) is 3.31. The van der Waals surface area contributed by atoms with Gasteiger partial charge in [0, 0.05) is 12.2 Å². The van der Waals surface area contributed by atoms with E-state index in [0.717, 1.165) is 30.6 Å². The van der Waals surface area contributed by atoms with Crippen LogP contribution in [0.1, 0.15) is 31.7 Å². The van der Waals surface area contributed by atoms with Crippen molar-refractivity contribution in [2.45, 2.75) is 33.1 Å². The van der Waals surface area contributed by atoms with Gasteiger partial charge in [0.2, 0.25) is 0 Å². The molecule has 0 aliphatic carbocycles. The Labute approximate surface area is 97.2 Å². The second kappa shape index (κ2) is 6.88. The van der Waals surface area contributed by atoms with E-state index in [2.05, 4.69) is 17.6 Å². The molecule has 0 aliphatic heterocycles. The standard InChI is InChI=1S/C13H20N2O/c1-3-4-7-10-14-13(16)15-12-9-6-5-8-11(12)2/h5-6,8-9H,3-4,7,10H2,1-2H3,(H2,14,15,16). The lowest BCUT2D eigenvalue weighted by Gasteiger charge is -2.09. The van der Waals surface area contributed by atoms with Crippen molar-refractivity contribution in [3.05, 3.63) is 29.8 Å². The third-order valence-electron chi connectivity index (χ3n) is 2.46. The molecular weight excluding hydrogens is 200 g/mol. The first-order valence-corrected chi connectivity index (χ1v) is 5.84. The largest absolute Gasteiger partial charge is 0.338 e. The van der Waals surface area contributed by atoms with E-state index in [4.69, 9.17) is 0 Å². The number of unbranched alkanes of at least 4 members (excludes halogenated alkanes) is 2. The summed E-state index contributed by atoms with van der Waals surface area (Å²) in [5.74, 6) is 0. The highest BCUT2D eigenvalue weighted by atomic mass is 16.2. The van der Waals surface area contributed by atoms with Crippen LogP contribution in [-0.2, 0) is 0 Å². The second-order valence-electron chi connectivity index (χ2n) is 3.90. The summed E-state index contributed by atoms with van der Waals surface area (Å²) >= 11 is 0. The van der Waals surface area contributed by atoms with Gasteiger partial charge in [-0.25, -0.2) is 4.79 Å². The molecule has 0 atom stereocenters. The van der Waals surface area contributed by atoms with Crippen molar-refractivity contribution < 1.29 is 4.79 Å². The zero-order valence-corrected chi connectivity index (χ0v) is 10.0. The lowest BCUT2D eigenvalue weighted by atomic mass is 10.2. The Bertz CT molecular complexity index is 336. The van der Waals surface area contributed by atoms with E-state index in [0.29, 0.717) is 0 Å². The number of hydrogen-bond acceptors (Lipinski definition) is 1. The minimum absolute atomic E-state index is 0.120. The van der Waals surface area contributed by atoms with E-state index in [1.54, 1.807) is 0 Å². The van der Waals surface area contributed by atoms with E-state index >= 15 is 0 Å². The molecule has 0 saturated heterocycles. The molecule has 3 heteroatoms. The number of nitrogens with one attached hydrogen (secondary N) is 2. The van der Waals surface area contributed by atoms with E-state index in [-0.39, 0.29) is 6.03 Å². The number of amides is 2. The molecule has 0 aliphatic rings. The molecule has 1 aromatic rings. The molecule has 3 nitrogen and oxygen atoms in total. The van der Waals surface area contributed by atoms with Crippen LogP contribution in [0.25, 0.3) is 0 Å². The number of urea groups is 1. The van der Waals surface area contributed by atoms with Crippen molar-refractivity contribution in [2.24, 2.45) is 0 Å². The van der Waals surface area contributed by atoms with Gasteiger partial charge in [-0.15, -0.1) is 0 Å². The highest BCUT2D eigenvalue weighted by Gasteiger charge is 2.02. The number of anilines is 1. The predicted molar refractivity (Wildman–Crippen MR) is 67.7 cm³/mol. The van der Waals surface area contributed by atoms with Crippen LogP contribution < -0.4 is 10.6 Å². The molecule has 0 aromatic heterocycles. The molecule has 0 bridgehead atoms. The molecule has 2 amide bonds. The van der Waals surface area contributed by atoms with Gasteiger partial charge in [-0.3, -0.25) is 0 Å². The molecule has 0 fully saturated rings. The molecule has 0 saturated carbocycles. The lowest BCUT2D eigenvalue weighted by molar-refractivity contribution is 0.252. The summed E-state index contributed by atoms with van der Waals surface area (Å²) in [6.07, 6.45) is 3.36. The van der Waals surface area contributed by atoms with Crippen LogP contribution in [0.4, 0.5) is 10.5 Å². The molecule has 0 radical (unpaired) electrons. The third kappa shape index (κ3) is 4.34. The Balaban J connectivity index is 2.32. The first-order chi connectivity index (χ1) is 7.74. The summed E-state index contributed by atoms with van der Waals surface area (Å²) in [6, 6.07) is 7.64. The Morgan fingerprint density at radius 3 is 2.69 bits per heavy atom. The van der Waals surface area contributed by atoms with Gasteiger partial charge in [0.25, 0.3) is 0 Å². The SMILES string of the molecule is CCCCCNC(=O)Nc1ccccc1C. The minimum Gasteiger partial charge on any atom is -0.338 e. The molecule has 16 heavy (non-hydrogen) atoms. The molecule has 2 N–H and O–H groups in total. The lowest BCUT2D eigenvalue weighted by Crippen LogP contribution is -2.29. The molecule has 1 rings (SSSR count). The fraction of sp³-hybridized carbons (Fsp3) is 0.462. The molecule has 0 spiro atoms. The van der Waals surface area contributed by atoms with Crippen LogP contribution in [0, 0.1) is 6.92 Å². The molecular formula is C13H20N2O. The van der Waals surface area contributed by atoms with Gasteiger partial charge in [-0.05, 0) is 25.0 Å². The van der Waals surface area contributed by atoms with Crippen LogP contribution in [-0.4, -0.2) is 12.6 Å². The first-order valence-electron chi connectivity index (χ1n) is 5.84. The number of aryl methyl sites for hydroxylation is 1. The van der Waals surface area contributed by atoms with Crippen LogP contribution in [0.5, 0.6) is 0 Å². The van der Waals surface area contributed by atoms with Crippen LogP contribution in [0.15, 0.2) is 24.3 Å². The highest BCUT2D eigenvalue weighted by molar-refractivity contribution is 5.89. The van der Waals surface area contributed by atoms with E-state index in [9.17, 15) is 4.79 Å². The van der Waals surface area contributed by atoms with Crippen molar-refractivity contribution in [1.29, 1.82) is 0 Å². The second-order valence-corrected chi connectivity index (χ2v) is 3.90. The molecule has 0 heterocycles. The summed E-state index contributed by atoms with van der Waals surface area (Å²) < 4.78 is 0. The molecule has 0 unspecified atom stereocenters.